The van der Waals surface area contributed by atoms with Crippen molar-refractivity contribution in [3.63, 3.8) is 0 Å². The van der Waals surface area contributed by atoms with Gasteiger partial charge in [0.25, 0.3) is 5.91 Å². The number of benzene rings is 2. The van der Waals surface area contributed by atoms with Gasteiger partial charge in [-0.1, -0.05) is 6.07 Å². The summed E-state index contributed by atoms with van der Waals surface area (Å²) in [6.07, 6.45) is 2.24. The summed E-state index contributed by atoms with van der Waals surface area (Å²) in [5.74, 6) is 0.317. The fourth-order valence-electron chi connectivity index (χ4n) is 2.74. The second-order valence-corrected chi connectivity index (χ2v) is 6.19. The Hall–Kier alpha value is -2.86. The van der Waals surface area contributed by atoms with Crippen molar-refractivity contribution in [2.24, 2.45) is 0 Å². The maximum Gasteiger partial charge on any atom is 0.255 e. The molecule has 1 atom stereocenters. The van der Waals surface area contributed by atoms with Crippen molar-refractivity contribution in [1.82, 2.24) is 0 Å². The molecule has 136 valence electrons. The van der Waals surface area contributed by atoms with Crippen LogP contribution in [0.15, 0.2) is 48.5 Å². The molecule has 1 saturated heterocycles. The van der Waals surface area contributed by atoms with Crippen molar-refractivity contribution in [3.05, 3.63) is 54.1 Å². The van der Waals surface area contributed by atoms with Crippen LogP contribution in [0, 0.1) is 0 Å². The van der Waals surface area contributed by atoms with E-state index in [1.807, 2.05) is 18.2 Å². The summed E-state index contributed by atoms with van der Waals surface area (Å²) >= 11 is 0. The number of carbonyl (C=O) groups excluding carboxylic acids is 2. The Morgan fingerprint density at radius 2 is 1.92 bits per heavy atom. The molecule has 0 bridgehead atoms. The van der Waals surface area contributed by atoms with Gasteiger partial charge in [-0.15, -0.1) is 0 Å². The molecule has 26 heavy (non-hydrogen) atoms. The third-order valence-corrected chi connectivity index (χ3v) is 4.02. The maximum atomic E-state index is 12.4. The van der Waals surface area contributed by atoms with Gasteiger partial charge in [0.15, 0.2) is 0 Å². The Kier molecular flexibility index (Phi) is 5.86. The number of carbonyl (C=O) groups is 2. The van der Waals surface area contributed by atoms with Crippen LogP contribution >= 0.6 is 0 Å². The zero-order valence-electron chi connectivity index (χ0n) is 14.7. The third kappa shape index (κ3) is 5.07. The molecule has 0 saturated carbocycles. The molecule has 2 aromatic carbocycles. The Morgan fingerprint density at radius 1 is 1.12 bits per heavy atom. The minimum Gasteiger partial charge on any atom is -0.491 e. The van der Waals surface area contributed by atoms with Gasteiger partial charge in [-0.3, -0.25) is 9.59 Å². The van der Waals surface area contributed by atoms with Gasteiger partial charge in [-0.25, -0.2) is 0 Å². The number of hydrogen-bond donors (Lipinski definition) is 2. The molecule has 0 spiro atoms. The fourth-order valence-corrected chi connectivity index (χ4v) is 2.74. The van der Waals surface area contributed by atoms with Crippen LogP contribution in [0.3, 0.4) is 0 Å². The van der Waals surface area contributed by atoms with E-state index in [0.717, 1.165) is 19.4 Å². The quantitative estimate of drug-likeness (QED) is 0.833. The Morgan fingerprint density at radius 3 is 2.62 bits per heavy atom. The average molecular weight is 354 g/mol. The number of amides is 2. The number of hydrogen-bond acceptors (Lipinski definition) is 4. The smallest absolute Gasteiger partial charge is 0.255 e. The lowest BCUT2D eigenvalue weighted by molar-refractivity contribution is -0.114. The second kappa shape index (κ2) is 8.49. The molecule has 2 amide bonds. The standard InChI is InChI=1S/C20H22N2O4/c1-14(23)21-16-9-7-15(8-10-16)20(24)22-17-4-2-5-18(12-17)26-13-19-6-3-11-25-19/h2,4-5,7-10,12,19H,3,6,11,13H2,1H3,(H,21,23)(H,22,24). The van der Waals surface area contributed by atoms with Crippen LogP contribution in [0.4, 0.5) is 11.4 Å². The van der Waals surface area contributed by atoms with Gasteiger partial charge in [0, 0.05) is 36.5 Å². The van der Waals surface area contributed by atoms with Crippen LogP contribution in [0.1, 0.15) is 30.1 Å². The van der Waals surface area contributed by atoms with E-state index in [1.165, 1.54) is 6.92 Å². The van der Waals surface area contributed by atoms with E-state index in [2.05, 4.69) is 10.6 Å². The minimum atomic E-state index is -0.226. The number of ether oxygens (including phenoxy) is 2. The molecule has 0 aromatic heterocycles. The van der Waals surface area contributed by atoms with Gasteiger partial charge >= 0.3 is 0 Å². The summed E-state index contributed by atoms with van der Waals surface area (Å²) < 4.78 is 11.3. The summed E-state index contributed by atoms with van der Waals surface area (Å²) in [5.41, 5.74) is 1.81. The van der Waals surface area contributed by atoms with E-state index in [4.69, 9.17) is 9.47 Å². The average Bonchev–Trinajstić information content (AvgIpc) is 3.14. The molecule has 3 rings (SSSR count). The van der Waals surface area contributed by atoms with Gasteiger partial charge in [0.05, 0.1) is 6.10 Å². The van der Waals surface area contributed by atoms with Crippen molar-refractivity contribution >= 4 is 23.2 Å². The van der Waals surface area contributed by atoms with Crippen molar-refractivity contribution < 1.29 is 19.1 Å². The molecule has 1 aliphatic heterocycles. The van der Waals surface area contributed by atoms with E-state index >= 15 is 0 Å². The summed E-state index contributed by atoms with van der Waals surface area (Å²) in [6, 6.07) is 14.0. The summed E-state index contributed by atoms with van der Waals surface area (Å²) in [7, 11) is 0. The fraction of sp³-hybridized carbons (Fsp3) is 0.300. The first-order valence-electron chi connectivity index (χ1n) is 8.63. The predicted molar refractivity (Wildman–Crippen MR) is 99.6 cm³/mol. The zero-order valence-corrected chi connectivity index (χ0v) is 14.7. The van der Waals surface area contributed by atoms with E-state index in [9.17, 15) is 9.59 Å². The summed E-state index contributed by atoms with van der Waals surface area (Å²) in [6.45, 7) is 2.75. The molecule has 6 heteroatoms. The molecular weight excluding hydrogens is 332 g/mol. The molecule has 1 heterocycles. The first-order chi connectivity index (χ1) is 12.6. The second-order valence-electron chi connectivity index (χ2n) is 6.19. The lowest BCUT2D eigenvalue weighted by Gasteiger charge is -2.12. The van der Waals surface area contributed by atoms with Crippen LogP contribution < -0.4 is 15.4 Å². The highest BCUT2D eigenvalue weighted by atomic mass is 16.5. The lowest BCUT2D eigenvalue weighted by atomic mass is 10.2. The van der Waals surface area contributed by atoms with Gasteiger partial charge in [0.2, 0.25) is 5.91 Å². The molecule has 1 fully saturated rings. The number of nitrogens with one attached hydrogen (secondary N) is 2. The highest BCUT2D eigenvalue weighted by Gasteiger charge is 2.16. The number of rotatable bonds is 6. The van der Waals surface area contributed by atoms with Gasteiger partial charge in [-0.05, 0) is 49.2 Å². The van der Waals surface area contributed by atoms with Gasteiger partial charge in [-0.2, -0.15) is 0 Å². The van der Waals surface area contributed by atoms with Crippen LogP contribution in [-0.2, 0) is 9.53 Å². The molecule has 0 radical (unpaired) electrons. The lowest BCUT2D eigenvalue weighted by Crippen LogP contribution is -2.16. The summed E-state index contributed by atoms with van der Waals surface area (Å²) in [5, 5.41) is 5.52. The van der Waals surface area contributed by atoms with Crippen molar-refractivity contribution in [2.75, 3.05) is 23.8 Å². The van der Waals surface area contributed by atoms with Crippen molar-refractivity contribution in [1.29, 1.82) is 0 Å². The van der Waals surface area contributed by atoms with E-state index < -0.39 is 0 Å². The van der Waals surface area contributed by atoms with Gasteiger partial charge in [0.1, 0.15) is 12.4 Å². The molecule has 1 aliphatic rings. The SMILES string of the molecule is CC(=O)Nc1ccc(C(=O)Nc2cccc(OCC3CCCO3)c2)cc1. The van der Waals surface area contributed by atoms with E-state index in [1.54, 1.807) is 30.3 Å². The maximum absolute atomic E-state index is 12.4. The molecule has 0 aliphatic carbocycles. The third-order valence-electron chi connectivity index (χ3n) is 4.02. The molecular formula is C20H22N2O4. The Labute approximate surface area is 152 Å². The van der Waals surface area contributed by atoms with E-state index in [0.29, 0.717) is 29.3 Å². The zero-order chi connectivity index (χ0) is 18.4. The molecule has 1 unspecified atom stereocenters. The van der Waals surface area contributed by atoms with Crippen molar-refractivity contribution in [3.8, 4) is 5.75 Å². The first-order valence-corrected chi connectivity index (χ1v) is 8.63. The molecule has 6 nitrogen and oxygen atoms in total. The van der Waals surface area contributed by atoms with Crippen LogP contribution in [0.5, 0.6) is 5.75 Å². The Bertz CT molecular complexity index is 768. The topological polar surface area (TPSA) is 76.7 Å². The normalized spacial score (nSPS) is 16.1. The Balaban J connectivity index is 1.58. The van der Waals surface area contributed by atoms with E-state index in [-0.39, 0.29) is 17.9 Å². The highest BCUT2D eigenvalue weighted by Crippen LogP contribution is 2.20. The number of anilines is 2. The van der Waals surface area contributed by atoms with Crippen molar-refractivity contribution in [2.45, 2.75) is 25.9 Å². The predicted octanol–water partition coefficient (Wildman–Crippen LogP) is 3.46. The van der Waals surface area contributed by atoms with Crippen LogP contribution in [0.2, 0.25) is 0 Å². The van der Waals surface area contributed by atoms with Crippen LogP contribution in [-0.4, -0.2) is 31.1 Å². The summed E-state index contributed by atoms with van der Waals surface area (Å²) in [4.78, 5) is 23.4. The minimum absolute atomic E-state index is 0.148. The highest BCUT2D eigenvalue weighted by molar-refractivity contribution is 6.04. The molecule has 2 N–H and O–H groups in total. The van der Waals surface area contributed by atoms with Crippen LogP contribution in [0.25, 0.3) is 0 Å². The van der Waals surface area contributed by atoms with Gasteiger partial charge < -0.3 is 20.1 Å². The largest absolute Gasteiger partial charge is 0.491 e. The monoisotopic (exact) mass is 354 g/mol. The molecule has 2 aromatic rings. The first kappa shape index (κ1) is 17.9.